The predicted molar refractivity (Wildman–Crippen MR) is 80.5 cm³/mol. The summed E-state index contributed by atoms with van der Waals surface area (Å²) >= 11 is 0. The molecule has 0 amide bonds. The summed E-state index contributed by atoms with van der Waals surface area (Å²) in [4.78, 5) is 0. The maximum atomic E-state index is 5.30. The molecule has 1 aliphatic rings. The van der Waals surface area contributed by atoms with E-state index >= 15 is 0 Å². The van der Waals surface area contributed by atoms with Crippen LogP contribution in [0.2, 0.25) is 0 Å². The van der Waals surface area contributed by atoms with Crippen LogP contribution in [0.1, 0.15) is 51.6 Å². The first kappa shape index (κ1) is 14.4. The van der Waals surface area contributed by atoms with Crippen molar-refractivity contribution in [3.63, 3.8) is 0 Å². The van der Waals surface area contributed by atoms with Crippen LogP contribution in [0, 0.1) is 11.8 Å². The molecular weight excluding hydrogens is 234 g/mol. The lowest BCUT2D eigenvalue weighted by molar-refractivity contribution is 0.216. The summed E-state index contributed by atoms with van der Waals surface area (Å²) in [5, 5.41) is 3.80. The highest BCUT2D eigenvalue weighted by Crippen LogP contribution is 2.30. The van der Waals surface area contributed by atoms with Gasteiger partial charge in [-0.25, -0.2) is 0 Å². The molecule has 4 atom stereocenters. The van der Waals surface area contributed by atoms with Crippen molar-refractivity contribution in [3.8, 4) is 5.75 Å². The zero-order valence-electron chi connectivity index (χ0n) is 12.6. The fourth-order valence-electron chi connectivity index (χ4n) is 3.24. The van der Waals surface area contributed by atoms with Crippen molar-refractivity contribution in [1.29, 1.82) is 0 Å². The van der Waals surface area contributed by atoms with Gasteiger partial charge in [-0.05, 0) is 55.7 Å². The monoisotopic (exact) mass is 261 g/mol. The van der Waals surface area contributed by atoms with Crippen LogP contribution in [-0.2, 0) is 0 Å². The Morgan fingerprint density at radius 2 is 2.05 bits per heavy atom. The van der Waals surface area contributed by atoms with Crippen molar-refractivity contribution >= 4 is 0 Å². The predicted octanol–water partition coefficient (Wildman–Crippen LogP) is 4.17. The van der Waals surface area contributed by atoms with E-state index in [-0.39, 0.29) is 0 Å². The Hall–Kier alpha value is -1.02. The Labute approximate surface area is 117 Å². The zero-order valence-corrected chi connectivity index (χ0v) is 12.6. The average Bonchev–Trinajstić information content (AvgIpc) is 2.42. The second-order valence-electron chi connectivity index (χ2n) is 6.17. The third kappa shape index (κ3) is 3.73. The second-order valence-corrected chi connectivity index (χ2v) is 6.17. The largest absolute Gasteiger partial charge is 0.497 e. The number of ether oxygens (including phenoxy) is 1. The fraction of sp³-hybridized carbons (Fsp3) is 0.647. The van der Waals surface area contributed by atoms with E-state index in [1.54, 1.807) is 7.11 Å². The van der Waals surface area contributed by atoms with Gasteiger partial charge in [0.15, 0.2) is 0 Å². The third-order valence-corrected chi connectivity index (χ3v) is 4.49. The van der Waals surface area contributed by atoms with Crippen molar-refractivity contribution in [2.75, 3.05) is 7.11 Å². The minimum Gasteiger partial charge on any atom is -0.497 e. The SMILES string of the molecule is COc1cccc([C@@H](C)NC2CCC(C)CC2C)c1. The van der Waals surface area contributed by atoms with Crippen LogP contribution in [-0.4, -0.2) is 13.2 Å². The van der Waals surface area contributed by atoms with E-state index in [4.69, 9.17) is 4.74 Å². The molecule has 3 unspecified atom stereocenters. The van der Waals surface area contributed by atoms with Gasteiger partial charge in [0.1, 0.15) is 5.75 Å². The molecule has 0 spiro atoms. The molecule has 1 N–H and O–H groups in total. The first-order valence-electron chi connectivity index (χ1n) is 7.50. The summed E-state index contributed by atoms with van der Waals surface area (Å²) in [6.07, 6.45) is 4.01. The number of benzene rings is 1. The molecule has 19 heavy (non-hydrogen) atoms. The van der Waals surface area contributed by atoms with Gasteiger partial charge >= 0.3 is 0 Å². The number of rotatable bonds is 4. The van der Waals surface area contributed by atoms with Crippen LogP contribution >= 0.6 is 0 Å². The van der Waals surface area contributed by atoms with Gasteiger partial charge in [-0.1, -0.05) is 26.0 Å². The minimum absolute atomic E-state index is 0.385. The number of methoxy groups -OCH3 is 1. The van der Waals surface area contributed by atoms with Gasteiger partial charge in [-0.15, -0.1) is 0 Å². The van der Waals surface area contributed by atoms with E-state index in [0.29, 0.717) is 12.1 Å². The number of hydrogen-bond acceptors (Lipinski definition) is 2. The molecule has 0 heterocycles. The average molecular weight is 261 g/mol. The quantitative estimate of drug-likeness (QED) is 0.878. The summed E-state index contributed by atoms with van der Waals surface area (Å²) in [5.74, 6) is 2.61. The van der Waals surface area contributed by atoms with Gasteiger partial charge in [-0.2, -0.15) is 0 Å². The summed E-state index contributed by atoms with van der Waals surface area (Å²) in [7, 11) is 1.72. The van der Waals surface area contributed by atoms with E-state index in [0.717, 1.165) is 17.6 Å². The lowest BCUT2D eigenvalue weighted by Gasteiger charge is -2.35. The first-order chi connectivity index (χ1) is 9.10. The normalized spacial score (nSPS) is 28.9. The van der Waals surface area contributed by atoms with Gasteiger partial charge < -0.3 is 10.1 Å². The van der Waals surface area contributed by atoms with E-state index in [1.807, 2.05) is 6.07 Å². The minimum atomic E-state index is 0.385. The molecule has 1 aromatic carbocycles. The molecule has 2 heteroatoms. The molecule has 106 valence electrons. The standard InChI is InChI=1S/C17H27NO/c1-12-8-9-17(13(2)10-12)18-14(3)15-6-5-7-16(11-15)19-4/h5-7,11-14,17-18H,8-10H2,1-4H3/t12?,13?,14-,17?/m1/s1. The molecule has 1 aliphatic carbocycles. The Balaban J connectivity index is 1.98. The molecule has 0 radical (unpaired) electrons. The Bertz CT molecular complexity index is 404. The Morgan fingerprint density at radius 3 is 2.74 bits per heavy atom. The summed E-state index contributed by atoms with van der Waals surface area (Å²) < 4.78 is 5.30. The molecule has 0 bridgehead atoms. The van der Waals surface area contributed by atoms with Crippen molar-refractivity contribution in [3.05, 3.63) is 29.8 Å². The molecule has 1 aromatic rings. The van der Waals surface area contributed by atoms with Gasteiger partial charge in [0.25, 0.3) is 0 Å². The number of nitrogens with one attached hydrogen (secondary N) is 1. The van der Waals surface area contributed by atoms with Gasteiger partial charge in [0.05, 0.1) is 7.11 Å². The van der Waals surface area contributed by atoms with Crippen LogP contribution in [0.3, 0.4) is 0 Å². The van der Waals surface area contributed by atoms with Gasteiger partial charge in [0, 0.05) is 12.1 Å². The van der Waals surface area contributed by atoms with Gasteiger partial charge in [0.2, 0.25) is 0 Å². The van der Waals surface area contributed by atoms with E-state index in [1.165, 1.54) is 24.8 Å². The van der Waals surface area contributed by atoms with E-state index < -0.39 is 0 Å². The summed E-state index contributed by atoms with van der Waals surface area (Å²) in [5.41, 5.74) is 1.31. The van der Waals surface area contributed by atoms with Crippen LogP contribution in [0.15, 0.2) is 24.3 Å². The Morgan fingerprint density at radius 1 is 1.26 bits per heavy atom. The lowest BCUT2D eigenvalue weighted by atomic mass is 9.79. The van der Waals surface area contributed by atoms with E-state index in [9.17, 15) is 0 Å². The maximum Gasteiger partial charge on any atom is 0.119 e. The highest BCUT2D eigenvalue weighted by Gasteiger charge is 2.26. The molecule has 1 fully saturated rings. The molecule has 0 aliphatic heterocycles. The van der Waals surface area contributed by atoms with Crippen molar-refractivity contribution in [2.24, 2.45) is 11.8 Å². The summed E-state index contributed by atoms with van der Waals surface area (Å²) in [6, 6.07) is 9.41. The topological polar surface area (TPSA) is 21.3 Å². The maximum absolute atomic E-state index is 5.30. The first-order valence-corrected chi connectivity index (χ1v) is 7.50. The summed E-state index contributed by atoms with van der Waals surface area (Å²) in [6.45, 7) is 7.00. The van der Waals surface area contributed by atoms with Crippen LogP contribution in [0.25, 0.3) is 0 Å². The van der Waals surface area contributed by atoms with Crippen molar-refractivity contribution in [1.82, 2.24) is 5.32 Å². The molecule has 0 aromatic heterocycles. The molecule has 0 saturated heterocycles. The zero-order chi connectivity index (χ0) is 13.8. The van der Waals surface area contributed by atoms with E-state index in [2.05, 4.69) is 44.3 Å². The molecule has 1 saturated carbocycles. The Kier molecular flexibility index (Phi) is 4.87. The fourth-order valence-corrected chi connectivity index (χ4v) is 3.24. The lowest BCUT2D eigenvalue weighted by Crippen LogP contribution is -2.40. The van der Waals surface area contributed by atoms with Gasteiger partial charge in [-0.3, -0.25) is 0 Å². The second kappa shape index (κ2) is 6.42. The molecule has 2 nitrogen and oxygen atoms in total. The third-order valence-electron chi connectivity index (χ3n) is 4.49. The van der Waals surface area contributed by atoms with Crippen molar-refractivity contribution < 1.29 is 4.74 Å². The molecule has 2 rings (SSSR count). The van der Waals surface area contributed by atoms with Crippen LogP contribution in [0.4, 0.5) is 0 Å². The number of hydrogen-bond donors (Lipinski definition) is 1. The van der Waals surface area contributed by atoms with Crippen LogP contribution < -0.4 is 10.1 Å². The molecular formula is C17H27NO. The van der Waals surface area contributed by atoms with Crippen molar-refractivity contribution in [2.45, 2.75) is 52.1 Å². The highest BCUT2D eigenvalue weighted by molar-refractivity contribution is 5.30. The highest BCUT2D eigenvalue weighted by atomic mass is 16.5. The smallest absolute Gasteiger partial charge is 0.119 e. The van der Waals surface area contributed by atoms with Crippen LogP contribution in [0.5, 0.6) is 5.75 Å².